The molecule has 0 heterocycles. The smallest absolute Gasteiger partial charge is 0.127 e. The highest BCUT2D eigenvalue weighted by molar-refractivity contribution is 5.60. The van der Waals surface area contributed by atoms with Gasteiger partial charge in [0.1, 0.15) is 6.29 Å². The molecule has 0 unspecified atom stereocenters. The van der Waals surface area contributed by atoms with E-state index >= 15 is 0 Å². The lowest BCUT2D eigenvalue weighted by molar-refractivity contribution is -0.113. The minimum Gasteiger partial charge on any atom is -0.303 e. The van der Waals surface area contributed by atoms with Crippen molar-refractivity contribution in [1.82, 2.24) is 0 Å². The van der Waals surface area contributed by atoms with E-state index in [0.717, 1.165) is 24.7 Å². The van der Waals surface area contributed by atoms with Crippen LogP contribution >= 0.6 is 0 Å². The highest BCUT2D eigenvalue weighted by Crippen LogP contribution is 2.41. The SMILES string of the molecule is C=C1CCCC(C)(C)[C@H]1C=O. The second kappa shape index (κ2) is 2.80. The lowest BCUT2D eigenvalue weighted by Crippen LogP contribution is -2.30. The van der Waals surface area contributed by atoms with E-state index in [2.05, 4.69) is 20.4 Å². The molecule has 1 nitrogen and oxygen atoms in total. The van der Waals surface area contributed by atoms with Gasteiger partial charge in [-0.3, -0.25) is 0 Å². The van der Waals surface area contributed by atoms with Crippen LogP contribution in [0.4, 0.5) is 0 Å². The molecule has 62 valence electrons. The fraction of sp³-hybridized carbons (Fsp3) is 0.700. The van der Waals surface area contributed by atoms with Crippen molar-refractivity contribution in [3.05, 3.63) is 12.2 Å². The minimum absolute atomic E-state index is 0.0937. The first-order chi connectivity index (χ1) is 5.08. The first-order valence-corrected chi connectivity index (χ1v) is 4.21. The van der Waals surface area contributed by atoms with Crippen molar-refractivity contribution in [2.75, 3.05) is 0 Å². The summed E-state index contributed by atoms with van der Waals surface area (Å²) in [5.74, 6) is 0.0937. The maximum Gasteiger partial charge on any atom is 0.127 e. The van der Waals surface area contributed by atoms with Crippen LogP contribution < -0.4 is 0 Å². The van der Waals surface area contributed by atoms with Gasteiger partial charge >= 0.3 is 0 Å². The Kier molecular flexibility index (Phi) is 2.17. The summed E-state index contributed by atoms with van der Waals surface area (Å²) in [6.07, 6.45) is 4.43. The molecule has 1 saturated carbocycles. The Morgan fingerprint density at radius 2 is 2.27 bits per heavy atom. The summed E-state index contributed by atoms with van der Waals surface area (Å²) < 4.78 is 0. The molecule has 1 rings (SSSR count). The van der Waals surface area contributed by atoms with Gasteiger partial charge in [0.2, 0.25) is 0 Å². The van der Waals surface area contributed by atoms with Gasteiger partial charge in [0.05, 0.1) is 0 Å². The molecule has 1 aliphatic rings. The fourth-order valence-electron chi connectivity index (χ4n) is 1.92. The Hall–Kier alpha value is -0.590. The average molecular weight is 152 g/mol. The van der Waals surface area contributed by atoms with E-state index in [1.165, 1.54) is 6.42 Å². The lowest BCUT2D eigenvalue weighted by Gasteiger charge is -2.36. The summed E-state index contributed by atoms with van der Waals surface area (Å²) in [6.45, 7) is 8.23. The van der Waals surface area contributed by atoms with Crippen molar-refractivity contribution in [2.24, 2.45) is 11.3 Å². The van der Waals surface area contributed by atoms with Gasteiger partial charge in [-0.15, -0.1) is 0 Å². The zero-order chi connectivity index (χ0) is 8.48. The van der Waals surface area contributed by atoms with Crippen LogP contribution in [0.5, 0.6) is 0 Å². The predicted octanol–water partition coefficient (Wildman–Crippen LogP) is 2.57. The molecule has 0 aliphatic heterocycles. The molecule has 0 aromatic rings. The molecule has 0 spiro atoms. The van der Waals surface area contributed by atoms with Crippen molar-refractivity contribution in [2.45, 2.75) is 33.1 Å². The molecule has 0 radical (unpaired) electrons. The van der Waals surface area contributed by atoms with E-state index in [1.807, 2.05) is 0 Å². The normalized spacial score (nSPS) is 30.0. The third-order valence-corrected chi connectivity index (χ3v) is 2.74. The van der Waals surface area contributed by atoms with Crippen LogP contribution in [0, 0.1) is 11.3 Å². The number of rotatable bonds is 1. The molecule has 1 heteroatoms. The molecule has 0 saturated heterocycles. The number of allylic oxidation sites excluding steroid dienone is 1. The van der Waals surface area contributed by atoms with E-state index in [1.54, 1.807) is 0 Å². The molecule has 0 aromatic carbocycles. The number of carbonyl (C=O) groups excluding carboxylic acids is 1. The monoisotopic (exact) mass is 152 g/mol. The van der Waals surface area contributed by atoms with Crippen LogP contribution in [-0.2, 0) is 4.79 Å². The quantitative estimate of drug-likeness (QED) is 0.417. The standard InChI is InChI=1S/C10H16O/c1-8-5-4-6-10(2,3)9(8)7-11/h7,9H,1,4-6H2,2-3H3/t9-/m0/s1. The fourth-order valence-corrected chi connectivity index (χ4v) is 1.92. The number of hydrogen-bond donors (Lipinski definition) is 0. The highest BCUT2D eigenvalue weighted by atomic mass is 16.1. The van der Waals surface area contributed by atoms with Crippen LogP contribution in [-0.4, -0.2) is 6.29 Å². The van der Waals surface area contributed by atoms with Crippen molar-refractivity contribution in [3.8, 4) is 0 Å². The van der Waals surface area contributed by atoms with Gasteiger partial charge in [0, 0.05) is 5.92 Å². The topological polar surface area (TPSA) is 17.1 Å². The minimum atomic E-state index is 0.0937. The third kappa shape index (κ3) is 1.52. The van der Waals surface area contributed by atoms with E-state index in [9.17, 15) is 4.79 Å². The van der Waals surface area contributed by atoms with Gasteiger partial charge in [-0.1, -0.05) is 26.0 Å². The molecule has 1 aliphatic carbocycles. The van der Waals surface area contributed by atoms with Crippen molar-refractivity contribution < 1.29 is 4.79 Å². The summed E-state index contributed by atoms with van der Waals surface area (Å²) in [6, 6.07) is 0. The van der Waals surface area contributed by atoms with Crippen LogP contribution in [0.25, 0.3) is 0 Å². The van der Waals surface area contributed by atoms with E-state index in [0.29, 0.717) is 0 Å². The third-order valence-electron chi connectivity index (χ3n) is 2.74. The van der Waals surface area contributed by atoms with Crippen molar-refractivity contribution in [1.29, 1.82) is 0 Å². The molecule has 1 atom stereocenters. The summed E-state index contributed by atoms with van der Waals surface area (Å²) in [5, 5.41) is 0. The number of hydrogen-bond acceptors (Lipinski definition) is 1. The lowest BCUT2D eigenvalue weighted by atomic mass is 9.67. The van der Waals surface area contributed by atoms with Crippen molar-refractivity contribution >= 4 is 6.29 Å². The zero-order valence-corrected chi connectivity index (χ0v) is 7.39. The van der Waals surface area contributed by atoms with Gasteiger partial charge in [0.15, 0.2) is 0 Å². The van der Waals surface area contributed by atoms with Gasteiger partial charge < -0.3 is 4.79 Å². The maximum atomic E-state index is 10.7. The van der Waals surface area contributed by atoms with Crippen LogP contribution in [0.3, 0.4) is 0 Å². The molecule has 0 bridgehead atoms. The first-order valence-electron chi connectivity index (χ1n) is 4.21. The molecule has 11 heavy (non-hydrogen) atoms. The molecule has 0 amide bonds. The predicted molar refractivity (Wildman–Crippen MR) is 46.3 cm³/mol. The Morgan fingerprint density at radius 3 is 2.64 bits per heavy atom. The average Bonchev–Trinajstić information content (AvgIpc) is 1.86. The molecule has 0 aromatic heterocycles. The van der Waals surface area contributed by atoms with Gasteiger partial charge in [0.25, 0.3) is 0 Å². The molecular weight excluding hydrogens is 136 g/mol. The largest absolute Gasteiger partial charge is 0.303 e. The number of carbonyl (C=O) groups is 1. The summed E-state index contributed by atoms with van der Waals surface area (Å²) in [5.41, 5.74) is 1.27. The van der Waals surface area contributed by atoms with E-state index in [-0.39, 0.29) is 11.3 Å². The molecule has 1 fully saturated rings. The maximum absolute atomic E-state index is 10.7. The first kappa shape index (κ1) is 8.51. The van der Waals surface area contributed by atoms with E-state index in [4.69, 9.17) is 0 Å². The second-order valence-electron chi connectivity index (χ2n) is 4.11. The van der Waals surface area contributed by atoms with Gasteiger partial charge in [-0.05, 0) is 24.7 Å². The summed E-state index contributed by atoms with van der Waals surface area (Å²) >= 11 is 0. The summed E-state index contributed by atoms with van der Waals surface area (Å²) in [7, 11) is 0. The Labute approximate surface area is 68.5 Å². The van der Waals surface area contributed by atoms with Crippen LogP contribution in [0.1, 0.15) is 33.1 Å². The van der Waals surface area contributed by atoms with E-state index < -0.39 is 0 Å². The van der Waals surface area contributed by atoms with Crippen molar-refractivity contribution in [3.63, 3.8) is 0 Å². The van der Waals surface area contributed by atoms with Crippen LogP contribution in [0.15, 0.2) is 12.2 Å². The van der Waals surface area contributed by atoms with Crippen LogP contribution in [0.2, 0.25) is 0 Å². The van der Waals surface area contributed by atoms with Gasteiger partial charge in [-0.2, -0.15) is 0 Å². The summed E-state index contributed by atoms with van der Waals surface area (Å²) in [4.78, 5) is 10.7. The molecular formula is C10H16O. The Balaban J connectivity index is 2.80. The zero-order valence-electron chi connectivity index (χ0n) is 7.39. The Bertz CT molecular complexity index is 179. The van der Waals surface area contributed by atoms with Gasteiger partial charge in [-0.25, -0.2) is 0 Å². The number of aldehydes is 1. The highest BCUT2D eigenvalue weighted by Gasteiger charge is 2.33. The molecule has 0 N–H and O–H groups in total. The second-order valence-corrected chi connectivity index (χ2v) is 4.11. The Morgan fingerprint density at radius 1 is 1.64 bits per heavy atom.